The predicted octanol–water partition coefficient (Wildman–Crippen LogP) is 4.87. The van der Waals surface area contributed by atoms with E-state index in [2.05, 4.69) is 48.2 Å². The third-order valence-electron chi connectivity index (χ3n) is 4.63. The van der Waals surface area contributed by atoms with E-state index in [1.165, 1.54) is 5.56 Å². The zero-order valence-electron chi connectivity index (χ0n) is 16.2. The second kappa shape index (κ2) is 7.35. The maximum absolute atomic E-state index is 11.5. The Morgan fingerprint density at radius 3 is 2.33 bits per heavy atom. The smallest absolute Gasteiger partial charge is 0.326 e. The van der Waals surface area contributed by atoms with Gasteiger partial charge in [0.15, 0.2) is 5.82 Å². The van der Waals surface area contributed by atoms with Crippen LogP contribution in [0.1, 0.15) is 39.7 Å². The van der Waals surface area contributed by atoms with Gasteiger partial charge in [0, 0.05) is 10.9 Å². The molecule has 0 aliphatic heterocycles. The first-order valence-corrected chi connectivity index (χ1v) is 9.16. The number of rotatable bonds is 5. The summed E-state index contributed by atoms with van der Waals surface area (Å²) in [6.07, 6.45) is 0.462. The molecule has 5 heteroatoms. The number of hydrogen-bond acceptors (Lipinski definition) is 4. The van der Waals surface area contributed by atoms with Gasteiger partial charge in [-0.3, -0.25) is 0 Å². The van der Waals surface area contributed by atoms with Crippen molar-refractivity contribution in [1.82, 2.24) is 9.97 Å². The number of benzene rings is 2. The molecule has 2 N–H and O–H groups in total. The Morgan fingerprint density at radius 1 is 1.07 bits per heavy atom. The molecule has 0 radical (unpaired) electrons. The summed E-state index contributed by atoms with van der Waals surface area (Å²) in [6, 6.07) is 15.2. The molecule has 0 aliphatic rings. The predicted molar refractivity (Wildman–Crippen MR) is 109 cm³/mol. The second-order valence-electron chi connectivity index (χ2n) is 7.68. The van der Waals surface area contributed by atoms with Crippen LogP contribution in [0.3, 0.4) is 0 Å². The van der Waals surface area contributed by atoms with E-state index >= 15 is 0 Å². The average molecular weight is 363 g/mol. The Bertz CT molecular complexity index is 959. The van der Waals surface area contributed by atoms with E-state index in [0.29, 0.717) is 18.1 Å². The number of fused-ring (bicyclic) bond motifs is 1. The van der Waals surface area contributed by atoms with Crippen LogP contribution in [0.2, 0.25) is 0 Å². The highest BCUT2D eigenvalue weighted by molar-refractivity contribution is 5.92. The number of para-hydroxylation sites is 1. The van der Waals surface area contributed by atoms with Gasteiger partial charge < -0.3 is 10.4 Å². The molecule has 2 aromatic carbocycles. The summed E-state index contributed by atoms with van der Waals surface area (Å²) >= 11 is 0. The summed E-state index contributed by atoms with van der Waals surface area (Å²) in [6.45, 7) is 8.36. The van der Waals surface area contributed by atoms with Crippen molar-refractivity contribution in [2.45, 2.75) is 45.6 Å². The van der Waals surface area contributed by atoms with E-state index in [0.717, 1.165) is 16.5 Å². The zero-order valence-corrected chi connectivity index (χ0v) is 16.2. The molecule has 5 nitrogen and oxygen atoms in total. The molecule has 0 amide bonds. The van der Waals surface area contributed by atoms with Crippen molar-refractivity contribution < 1.29 is 9.90 Å². The van der Waals surface area contributed by atoms with Gasteiger partial charge in [0.25, 0.3) is 0 Å². The molecule has 0 saturated heterocycles. The number of hydrogen-bond donors (Lipinski definition) is 2. The van der Waals surface area contributed by atoms with Gasteiger partial charge >= 0.3 is 5.97 Å². The lowest BCUT2D eigenvalue weighted by Gasteiger charge is -2.19. The second-order valence-corrected chi connectivity index (χ2v) is 7.68. The third-order valence-corrected chi connectivity index (χ3v) is 4.63. The molecule has 1 heterocycles. The minimum atomic E-state index is -0.892. The van der Waals surface area contributed by atoms with Gasteiger partial charge in [-0.1, -0.05) is 64.1 Å². The fourth-order valence-electron chi connectivity index (χ4n) is 2.94. The van der Waals surface area contributed by atoms with Gasteiger partial charge in [-0.15, -0.1) is 0 Å². The van der Waals surface area contributed by atoms with Gasteiger partial charge in [-0.05, 0) is 29.5 Å². The van der Waals surface area contributed by atoms with Crippen LogP contribution in [0.15, 0.2) is 48.5 Å². The Hall–Kier alpha value is -2.95. The van der Waals surface area contributed by atoms with Gasteiger partial charge in [-0.2, -0.15) is 0 Å². The van der Waals surface area contributed by atoms with Crippen molar-refractivity contribution >= 4 is 22.7 Å². The first kappa shape index (κ1) is 18.8. The number of aliphatic carboxylic acids is 1. The molecular formula is C22H25N3O2. The fraction of sp³-hybridized carbons (Fsp3) is 0.318. The number of carboxylic acids is 1. The van der Waals surface area contributed by atoms with Gasteiger partial charge in [0.1, 0.15) is 11.9 Å². The maximum atomic E-state index is 11.5. The third kappa shape index (κ3) is 4.08. The average Bonchev–Trinajstić information content (AvgIpc) is 2.65. The standard InChI is InChI=1S/C22H25N3O2/c1-5-17(21(26)27)23-20-16-8-6-7-9-18(16)24-19(25-20)14-10-12-15(13-11-14)22(2,3)4/h6-13,17H,5H2,1-4H3,(H,26,27)(H,23,24,25). The number of carbonyl (C=O) groups is 1. The van der Waals surface area contributed by atoms with Crippen molar-refractivity contribution in [3.8, 4) is 11.4 Å². The molecule has 140 valence electrons. The van der Waals surface area contributed by atoms with Crippen molar-refractivity contribution in [3.05, 3.63) is 54.1 Å². The first-order chi connectivity index (χ1) is 12.8. The van der Waals surface area contributed by atoms with E-state index < -0.39 is 12.0 Å². The number of aromatic nitrogens is 2. The molecule has 1 aromatic heterocycles. The van der Waals surface area contributed by atoms with Crippen molar-refractivity contribution in [2.75, 3.05) is 5.32 Å². The summed E-state index contributed by atoms with van der Waals surface area (Å²) < 4.78 is 0. The minimum absolute atomic E-state index is 0.0747. The van der Waals surface area contributed by atoms with Crippen LogP contribution in [0, 0.1) is 0 Å². The largest absolute Gasteiger partial charge is 0.480 e. The van der Waals surface area contributed by atoms with Crippen LogP contribution in [0.25, 0.3) is 22.3 Å². The summed E-state index contributed by atoms with van der Waals surface area (Å²) in [4.78, 5) is 20.8. The van der Waals surface area contributed by atoms with Crippen LogP contribution < -0.4 is 5.32 Å². The Balaban J connectivity index is 2.07. The molecule has 0 bridgehead atoms. The number of carboxylic acid groups (broad SMARTS) is 1. The molecule has 0 aliphatic carbocycles. The first-order valence-electron chi connectivity index (χ1n) is 9.16. The quantitative estimate of drug-likeness (QED) is 0.676. The van der Waals surface area contributed by atoms with Gasteiger partial charge in [-0.25, -0.2) is 14.8 Å². The summed E-state index contributed by atoms with van der Waals surface area (Å²) in [7, 11) is 0. The van der Waals surface area contributed by atoms with E-state index in [4.69, 9.17) is 0 Å². The molecule has 3 aromatic rings. The van der Waals surface area contributed by atoms with E-state index in [1.807, 2.05) is 43.3 Å². The van der Waals surface area contributed by atoms with E-state index in [9.17, 15) is 9.90 Å². The monoisotopic (exact) mass is 363 g/mol. The molecule has 0 fully saturated rings. The van der Waals surface area contributed by atoms with Crippen molar-refractivity contribution in [1.29, 1.82) is 0 Å². The zero-order chi connectivity index (χ0) is 19.6. The molecule has 27 heavy (non-hydrogen) atoms. The van der Waals surface area contributed by atoms with Crippen molar-refractivity contribution in [3.63, 3.8) is 0 Å². The normalized spacial score (nSPS) is 12.7. The lowest BCUT2D eigenvalue weighted by atomic mass is 9.87. The Labute approximate surface area is 159 Å². The lowest BCUT2D eigenvalue weighted by molar-refractivity contribution is -0.137. The molecular weight excluding hydrogens is 338 g/mol. The van der Waals surface area contributed by atoms with Crippen LogP contribution in [0.4, 0.5) is 5.82 Å². The van der Waals surface area contributed by atoms with Crippen LogP contribution in [0.5, 0.6) is 0 Å². The molecule has 0 saturated carbocycles. The van der Waals surface area contributed by atoms with Crippen molar-refractivity contribution in [2.24, 2.45) is 0 Å². The molecule has 3 rings (SSSR count). The van der Waals surface area contributed by atoms with Crippen LogP contribution in [-0.4, -0.2) is 27.1 Å². The van der Waals surface area contributed by atoms with Gasteiger partial charge in [0.2, 0.25) is 0 Å². The molecule has 1 atom stereocenters. The topological polar surface area (TPSA) is 75.1 Å². The highest BCUT2D eigenvalue weighted by atomic mass is 16.4. The van der Waals surface area contributed by atoms with Crippen LogP contribution >= 0.6 is 0 Å². The summed E-state index contributed by atoms with van der Waals surface area (Å²) in [5.74, 6) is 0.234. The molecule has 1 unspecified atom stereocenters. The van der Waals surface area contributed by atoms with Crippen LogP contribution in [-0.2, 0) is 10.2 Å². The number of anilines is 1. The Morgan fingerprint density at radius 2 is 1.74 bits per heavy atom. The van der Waals surface area contributed by atoms with E-state index in [1.54, 1.807) is 0 Å². The number of nitrogens with one attached hydrogen (secondary N) is 1. The maximum Gasteiger partial charge on any atom is 0.326 e. The molecule has 0 spiro atoms. The lowest BCUT2D eigenvalue weighted by Crippen LogP contribution is -2.29. The number of nitrogens with zero attached hydrogens (tertiary/aromatic N) is 2. The fourth-order valence-corrected chi connectivity index (χ4v) is 2.94. The highest BCUT2D eigenvalue weighted by Gasteiger charge is 2.18. The SMILES string of the molecule is CCC(Nc1nc(-c2ccc(C(C)(C)C)cc2)nc2ccccc12)C(=O)O. The Kier molecular flexibility index (Phi) is 5.13. The van der Waals surface area contributed by atoms with Gasteiger partial charge in [0.05, 0.1) is 5.52 Å². The van der Waals surface area contributed by atoms with E-state index in [-0.39, 0.29) is 5.41 Å². The highest BCUT2D eigenvalue weighted by Crippen LogP contribution is 2.28. The minimum Gasteiger partial charge on any atom is -0.480 e. The summed E-state index contributed by atoms with van der Waals surface area (Å²) in [5.41, 5.74) is 3.00. The summed E-state index contributed by atoms with van der Waals surface area (Å²) in [5, 5.41) is 13.3.